The molecule has 3 N–H and O–H groups in total. The number of fused-ring (bicyclic) bond motifs is 1. The number of phenolic OH excluding ortho intramolecular Hbond substituents is 1. The van der Waals surface area contributed by atoms with Gasteiger partial charge in [-0.25, -0.2) is 4.90 Å². The van der Waals surface area contributed by atoms with Crippen LogP contribution in [0.15, 0.2) is 47.1 Å². The molecule has 0 saturated carbocycles. The largest absolute Gasteiger partial charge is 0.504 e. The number of hydrogen-bond acceptors (Lipinski definition) is 6. The minimum Gasteiger partial charge on any atom is -0.504 e. The Morgan fingerprint density at radius 2 is 1.65 bits per heavy atom. The second-order valence-electron chi connectivity index (χ2n) is 12.0. The molecule has 2 aliphatic rings. The van der Waals surface area contributed by atoms with Crippen LogP contribution in [0.1, 0.15) is 69.1 Å². The minimum absolute atomic E-state index is 0.0137. The van der Waals surface area contributed by atoms with Gasteiger partial charge in [0.25, 0.3) is 0 Å². The van der Waals surface area contributed by atoms with Gasteiger partial charge in [0.1, 0.15) is 0 Å². The lowest BCUT2D eigenvalue weighted by Gasteiger charge is -2.36. The fourth-order valence-electron chi connectivity index (χ4n) is 6.76. The van der Waals surface area contributed by atoms with Crippen LogP contribution in [-0.4, -0.2) is 47.0 Å². The second kappa shape index (κ2) is 14.8. The van der Waals surface area contributed by atoms with Crippen molar-refractivity contribution in [1.29, 1.82) is 0 Å². The summed E-state index contributed by atoms with van der Waals surface area (Å²) in [6.45, 7) is 3.08. The Kier molecular flexibility index (Phi) is 11.6. The van der Waals surface area contributed by atoms with Gasteiger partial charge in [-0.1, -0.05) is 37.5 Å². The van der Waals surface area contributed by atoms with Gasteiger partial charge in [-0.3, -0.25) is 9.59 Å². The van der Waals surface area contributed by atoms with Crippen LogP contribution in [0.5, 0.6) is 11.5 Å². The number of methoxy groups -OCH3 is 1. The van der Waals surface area contributed by atoms with Crippen molar-refractivity contribution in [3.8, 4) is 11.5 Å². The monoisotopic (exact) mass is 795 g/mol. The molecule has 1 saturated heterocycles. The normalized spacial score (nSPS) is 21.2. The Labute approximate surface area is 287 Å². The van der Waals surface area contributed by atoms with Crippen LogP contribution in [0.3, 0.4) is 0 Å². The highest BCUT2D eigenvalue weighted by atomic mass is 127. The van der Waals surface area contributed by atoms with Gasteiger partial charge in [-0.2, -0.15) is 26.3 Å². The third-order valence-electron chi connectivity index (χ3n) is 8.95. The first-order chi connectivity index (χ1) is 22.5. The van der Waals surface area contributed by atoms with Crippen molar-refractivity contribution >= 4 is 46.2 Å². The van der Waals surface area contributed by atoms with E-state index < -0.39 is 71.4 Å². The van der Waals surface area contributed by atoms with Gasteiger partial charge in [0, 0.05) is 5.92 Å². The SMILES string of the molecule is CCC/C(=C\c1cc(I)c(O)c(OC)c1)CC[C@@H](O)C1=C(CC)C[C@H]2C(=O)N(c3cc(C(F)(F)F)cc(C(F)(F)F)c3)C(=O)[C@H]2[C@H]1CO. The third kappa shape index (κ3) is 7.70. The highest BCUT2D eigenvalue weighted by Gasteiger charge is 2.55. The number of phenols is 1. The molecule has 2 aromatic carbocycles. The fourth-order valence-corrected chi connectivity index (χ4v) is 7.38. The van der Waals surface area contributed by atoms with Crippen LogP contribution in [-0.2, 0) is 21.9 Å². The molecule has 48 heavy (non-hydrogen) atoms. The van der Waals surface area contributed by atoms with Gasteiger partial charge in [0.05, 0.1) is 52.0 Å². The molecule has 2 aromatic rings. The zero-order valence-electron chi connectivity index (χ0n) is 26.4. The van der Waals surface area contributed by atoms with Gasteiger partial charge in [0.2, 0.25) is 11.8 Å². The quantitative estimate of drug-likeness (QED) is 0.0925. The molecule has 1 aliphatic carbocycles. The molecule has 4 atom stereocenters. The summed E-state index contributed by atoms with van der Waals surface area (Å²) in [5.74, 6) is -5.17. The van der Waals surface area contributed by atoms with E-state index in [2.05, 4.69) is 0 Å². The summed E-state index contributed by atoms with van der Waals surface area (Å²) >= 11 is 1.99. The molecule has 1 aliphatic heterocycles. The maximum Gasteiger partial charge on any atom is 0.416 e. The van der Waals surface area contributed by atoms with Crippen molar-refractivity contribution in [2.45, 2.75) is 70.8 Å². The summed E-state index contributed by atoms with van der Waals surface area (Å²) in [5, 5.41) is 32.2. The number of amides is 2. The Hall–Kier alpha value is -3.11. The standard InChI is InChI=1S/C34H36F6INO6/c1-4-6-17(9-18-10-25(41)30(45)27(11-18)48-3)7-8-26(44)28-19(5-2)12-23-29(24(28)16-43)32(47)42(31(23)46)22-14-20(33(35,36)37)13-21(15-22)34(38,39)40/h9-11,13-15,23-24,26,29,43-45H,4-8,12,16H2,1-3H3/b17-9+/t23-,24+,26-,29-/m1/s1. The first-order valence-electron chi connectivity index (χ1n) is 15.4. The number of hydrogen-bond donors (Lipinski definition) is 3. The summed E-state index contributed by atoms with van der Waals surface area (Å²) in [5.41, 5.74) is -1.48. The van der Waals surface area contributed by atoms with Crippen LogP contribution in [0, 0.1) is 21.3 Å². The van der Waals surface area contributed by atoms with Crippen molar-refractivity contribution in [2.75, 3.05) is 18.6 Å². The van der Waals surface area contributed by atoms with Crippen LogP contribution in [0.4, 0.5) is 32.0 Å². The average Bonchev–Trinajstić information content (AvgIpc) is 3.27. The van der Waals surface area contributed by atoms with E-state index in [1.807, 2.05) is 35.6 Å². The number of anilines is 1. The molecule has 262 valence electrons. The number of aliphatic hydroxyl groups is 2. The highest BCUT2D eigenvalue weighted by Crippen LogP contribution is 2.49. The molecule has 4 rings (SSSR count). The predicted molar refractivity (Wildman–Crippen MR) is 174 cm³/mol. The summed E-state index contributed by atoms with van der Waals surface area (Å²) in [4.78, 5) is 27.7. The van der Waals surface area contributed by atoms with Crippen LogP contribution < -0.4 is 9.64 Å². The zero-order valence-corrected chi connectivity index (χ0v) is 28.5. The van der Waals surface area contributed by atoms with E-state index in [0.717, 1.165) is 17.6 Å². The van der Waals surface area contributed by atoms with E-state index in [0.29, 0.717) is 56.8 Å². The summed E-state index contributed by atoms with van der Waals surface area (Å²) in [6.07, 6.45) is -7.25. The number of alkyl halides is 6. The third-order valence-corrected chi connectivity index (χ3v) is 9.77. The lowest BCUT2D eigenvalue weighted by molar-refractivity contribution is -0.143. The molecule has 7 nitrogen and oxygen atoms in total. The lowest BCUT2D eigenvalue weighted by Crippen LogP contribution is -2.39. The number of halogens is 7. The van der Waals surface area contributed by atoms with Gasteiger partial charge in [0.15, 0.2) is 11.5 Å². The number of aliphatic hydroxyl groups excluding tert-OH is 2. The van der Waals surface area contributed by atoms with Crippen LogP contribution >= 0.6 is 22.6 Å². The van der Waals surface area contributed by atoms with E-state index in [9.17, 15) is 51.3 Å². The van der Waals surface area contributed by atoms with Crippen molar-refractivity contribution in [3.05, 3.63) is 67.3 Å². The Balaban J connectivity index is 1.66. The number of benzene rings is 2. The number of carbonyl (C=O) groups is 2. The van der Waals surface area contributed by atoms with Crippen molar-refractivity contribution in [1.82, 2.24) is 0 Å². The number of aromatic hydroxyl groups is 1. The number of allylic oxidation sites excluding steroid dienone is 2. The van der Waals surface area contributed by atoms with E-state index >= 15 is 0 Å². The minimum atomic E-state index is -5.19. The molecule has 1 fully saturated rings. The fraction of sp³-hybridized carbons (Fsp3) is 0.471. The molecule has 0 aromatic heterocycles. The first kappa shape index (κ1) is 37.7. The van der Waals surface area contributed by atoms with Gasteiger partial charge >= 0.3 is 12.4 Å². The van der Waals surface area contributed by atoms with Crippen LogP contribution in [0.2, 0.25) is 0 Å². The first-order valence-corrected chi connectivity index (χ1v) is 16.5. The van der Waals surface area contributed by atoms with Gasteiger partial charge in [-0.05, 0) is 96.2 Å². The Morgan fingerprint density at radius 1 is 1.02 bits per heavy atom. The van der Waals surface area contributed by atoms with Crippen molar-refractivity contribution in [2.24, 2.45) is 17.8 Å². The molecular formula is C34H36F6INO6. The van der Waals surface area contributed by atoms with Crippen molar-refractivity contribution in [3.63, 3.8) is 0 Å². The molecule has 1 heterocycles. The smallest absolute Gasteiger partial charge is 0.416 e. The number of ether oxygens (including phenoxy) is 1. The summed E-state index contributed by atoms with van der Waals surface area (Å²) in [6, 6.07) is 4.06. The molecule has 0 radical (unpaired) electrons. The molecule has 0 unspecified atom stereocenters. The molecule has 2 amide bonds. The summed E-state index contributed by atoms with van der Waals surface area (Å²) < 4.78 is 87.4. The Bertz CT molecular complexity index is 1590. The number of nitrogens with zero attached hydrogens (tertiary/aromatic N) is 1. The molecule has 14 heteroatoms. The topological polar surface area (TPSA) is 107 Å². The number of carbonyl (C=O) groups excluding carboxylic acids is 2. The second-order valence-corrected chi connectivity index (χ2v) is 13.1. The van der Waals surface area contributed by atoms with E-state index in [1.54, 1.807) is 19.1 Å². The Morgan fingerprint density at radius 3 is 2.17 bits per heavy atom. The van der Waals surface area contributed by atoms with Crippen LogP contribution in [0.25, 0.3) is 6.08 Å². The molecule has 0 bridgehead atoms. The number of imide groups is 1. The lowest BCUT2D eigenvalue weighted by atomic mass is 9.67. The van der Waals surface area contributed by atoms with E-state index in [4.69, 9.17) is 4.74 Å². The zero-order chi connectivity index (χ0) is 35.7. The van der Waals surface area contributed by atoms with E-state index in [-0.39, 0.29) is 24.7 Å². The number of rotatable bonds is 11. The van der Waals surface area contributed by atoms with E-state index in [1.165, 1.54) is 7.11 Å². The molecule has 0 spiro atoms. The highest BCUT2D eigenvalue weighted by molar-refractivity contribution is 14.1. The van der Waals surface area contributed by atoms with Gasteiger partial charge < -0.3 is 20.1 Å². The molecular weight excluding hydrogens is 759 g/mol. The van der Waals surface area contributed by atoms with Crippen molar-refractivity contribution < 1.29 is 56.0 Å². The maximum atomic E-state index is 13.8. The maximum absolute atomic E-state index is 13.8. The summed E-state index contributed by atoms with van der Waals surface area (Å²) in [7, 11) is 1.44. The van der Waals surface area contributed by atoms with Gasteiger partial charge in [-0.15, -0.1) is 0 Å². The predicted octanol–water partition coefficient (Wildman–Crippen LogP) is 7.89. The average molecular weight is 796 g/mol.